The Kier molecular flexibility index (Phi) is 5.88. The Morgan fingerprint density at radius 2 is 1.47 bits per heavy atom. The van der Waals surface area contributed by atoms with Crippen LogP contribution in [0.5, 0.6) is 0 Å². The molecule has 0 aromatic heterocycles. The van der Waals surface area contributed by atoms with Gasteiger partial charge in [0, 0.05) is 13.1 Å². The van der Waals surface area contributed by atoms with Gasteiger partial charge in [0.1, 0.15) is 18.2 Å². The molecular formula is C27H28N4O5. The summed E-state index contributed by atoms with van der Waals surface area (Å²) in [4.78, 5) is 53.6. The molecule has 3 aliphatic rings. The second-order valence-corrected chi connectivity index (χ2v) is 9.67. The Morgan fingerprint density at radius 1 is 0.917 bits per heavy atom. The number of primary amides is 1. The van der Waals surface area contributed by atoms with Gasteiger partial charge in [0.15, 0.2) is 0 Å². The molecule has 2 aromatic rings. The zero-order valence-electron chi connectivity index (χ0n) is 19.8. The Bertz CT molecular complexity index is 1230. The number of nitrogens with zero attached hydrogens (tertiary/aromatic N) is 1. The fourth-order valence-electron chi connectivity index (χ4n) is 5.74. The lowest BCUT2D eigenvalue weighted by Gasteiger charge is -2.32. The summed E-state index contributed by atoms with van der Waals surface area (Å²) in [6.07, 6.45) is 3.44. The highest BCUT2D eigenvalue weighted by atomic mass is 16.5. The second-order valence-electron chi connectivity index (χ2n) is 9.67. The number of benzene rings is 2. The van der Waals surface area contributed by atoms with Crippen molar-refractivity contribution in [2.45, 2.75) is 37.3 Å². The topological polar surface area (TPSA) is 131 Å². The van der Waals surface area contributed by atoms with E-state index >= 15 is 0 Å². The van der Waals surface area contributed by atoms with Gasteiger partial charge in [-0.25, -0.2) is 0 Å². The predicted octanol–water partition coefficient (Wildman–Crippen LogP) is 0.645. The molecule has 1 unspecified atom stereocenters. The van der Waals surface area contributed by atoms with Gasteiger partial charge in [0.25, 0.3) is 0 Å². The summed E-state index contributed by atoms with van der Waals surface area (Å²) in [6.45, 7) is 1.81. The molecule has 36 heavy (non-hydrogen) atoms. The minimum absolute atomic E-state index is 0.234. The van der Waals surface area contributed by atoms with Gasteiger partial charge in [-0.1, -0.05) is 72.8 Å². The van der Waals surface area contributed by atoms with E-state index in [9.17, 15) is 19.2 Å². The predicted molar refractivity (Wildman–Crippen MR) is 130 cm³/mol. The molecule has 0 saturated carbocycles. The van der Waals surface area contributed by atoms with Gasteiger partial charge in [0.05, 0.1) is 17.4 Å². The van der Waals surface area contributed by atoms with Gasteiger partial charge in [-0.2, -0.15) is 0 Å². The monoisotopic (exact) mass is 488 g/mol. The summed E-state index contributed by atoms with van der Waals surface area (Å²) in [5.74, 6) is -3.92. The summed E-state index contributed by atoms with van der Waals surface area (Å²) in [5, 5.41) is 5.77. The molecule has 3 heterocycles. The Morgan fingerprint density at radius 3 is 2.03 bits per heavy atom. The Hall–Kier alpha value is -3.98. The van der Waals surface area contributed by atoms with Crippen LogP contribution in [-0.4, -0.2) is 52.3 Å². The lowest BCUT2D eigenvalue weighted by Crippen LogP contribution is -2.56. The van der Waals surface area contributed by atoms with Crippen LogP contribution in [0.4, 0.5) is 0 Å². The lowest BCUT2D eigenvalue weighted by molar-refractivity contribution is -0.146. The molecule has 9 nitrogen and oxygen atoms in total. The second kappa shape index (κ2) is 8.91. The van der Waals surface area contributed by atoms with Crippen molar-refractivity contribution in [3.63, 3.8) is 0 Å². The minimum atomic E-state index is -1.38. The van der Waals surface area contributed by atoms with Gasteiger partial charge < -0.3 is 26.0 Å². The van der Waals surface area contributed by atoms with E-state index in [0.29, 0.717) is 0 Å². The van der Waals surface area contributed by atoms with E-state index in [1.807, 2.05) is 60.7 Å². The van der Waals surface area contributed by atoms with Gasteiger partial charge in [-0.05, 0) is 18.1 Å². The van der Waals surface area contributed by atoms with Crippen LogP contribution in [0.15, 0.2) is 72.8 Å². The number of carbonyl (C=O) groups is 4. The van der Waals surface area contributed by atoms with Crippen molar-refractivity contribution in [2.75, 3.05) is 6.54 Å². The van der Waals surface area contributed by atoms with Crippen molar-refractivity contribution < 1.29 is 23.9 Å². The first-order chi connectivity index (χ1) is 17.2. The summed E-state index contributed by atoms with van der Waals surface area (Å²) >= 11 is 0. The van der Waals surface area contributed by atoms with Crippen LogP contribution in [0, 0.1) is 11.8 Å². The molecule has 2 saturated heterocycles. The number of nitrogens with one attached hydrogen (secondary N) is 2. The SMILES string of the molecule is C[C@]12C=C[C@@]3(O1)C(C(=O)NCc1ccccc1)N(CC(N)=O)C(=O)[C@@H]3[C@@H]2C(=O)NCc1ccccc1. The van der Waals surface area contributed by atoms with Crippen molar-refractivity contribution in [3.8, 4) is 0 Å². The molecule has 4 amide bonds. The molecule has 4 N–H and O–H groups in total. The van der Waals surface area contributed by atoms with Crippen molar-refractivity contribution >= 4 is 23.6 Å². The highest BCUT2D eigenvalue weighted by Crippen LogP contribution is 2.59. The quantitative estimate of drug-likeness (QED) is 0.470. The van der Waals surface area contributed by atoms with Crippen molar-refractivity contribution in [2.24, 2.45) is 17.6 Å². The number of ether oxygens (including phenoxy) is 1. The van der Waals surface area contributed by atoms with E-state index in [1.54, 1.807) is 19.1 Å². The number of fused-ring (bicyclic) bond motifs is 1. The van der Waals surface area contributed by atoms with Crippen LogP contribution in [0.2, 0.25) is 0 Å². The van der Waals surface area contributed by atoms with E-state index in [-0.39, 0.29) is 19.0 Å². The average molecular weight is 489 g/mol. The van der Waals surface area contributed by atoms with Gasteiger partial charge in [0.2, 0.25) is 23.6 Å². The zero-order chi connectivity index (χ0) is 25.5. The summed E-state index contributed by atoms with van der Waals surface area (Å²) in [7, 11) is 0. The number of hydrogen-bond acceptors (Lipinski definition) is 5. The standard InChI is InChI=1S/C27H28N4O5/c1-26-12-13-27(36-26)21(20(26)23(33)29-14-17-8-4-2-5-9-17)25(35)31(16-19(28)32)22(27)24(34)30-15-18-10-6-3-7-11-18/h2-13,20-22H,14-16H2,1H3,(H2,28,32)(H,29,33)(H,30,34)/t20-,21+,22?,26-,27+/m1/s1. The highest BCUT2D eigenvalue weighted by Gasteiger charge is 2.76. The van der Waals surface area contributed by atoms with Crippen molar-refractivity contribution in [3.05, 3.63) is 83.9 Å². The third-order valence-electron chi connectivity index (χ3n) is 7.27. The lowest BCUT2D eigenvalue weighted by atomic mass is 9.70. The fraction of sp³-hybridized carbons (Fsp3) is 0.333. The molecule has 5 atom stereocenters. The molecule has 2 bridgehead atoms. The summed E-state index contributed by atoms with van der Waals surface area (Å²) < 4.78 is 6.38. The average Bonchev–Trinajstić information content (AvgIpc) is 3.43. The number of carbonyl (C=O) groups excluding carboxylic acids is 4. The summed E-state index contributed by atoms with van der Waals surface area (Å²) in [5.41, 5.74) is 4.78. The zero-order valence-corrected chi connectivity index (χ0v) is 19.8. The molecule has 0 radical (unpaired) electrons. The Labute approximate surface area is 208 Å². The molecule has 9 heteroatoms. The molecule has 3 aliphatic heterocycles. The van der Waals surface area contributed by atoms with E-state index in [0.717, 1.165) is 16.0 Å². The number of likely N-dealkylation sites (tertiary alicyclic amines) is 1. The maximum Gasteiger partial charge on any atom is 0.246 e. The Balaban J connectivity index is 1.43. The fourth-order valence-corrected chi connectivity index (χ4v) is 5.74. The molecule has 2 aromatic carbocycles. The number of amides is 4. The largest absolute Gasteiger partial charge is 0.368 e. The number of hydrogen-bond donors (Lipinski definition) is 3. The first-order valence-electron chi connectivity index (χ1n) is 11.9. The normalized spacial score (nSPS) is 29.8. The minimum Gasteiger partial charge on any atom is -0.368 e. The van der Waals surface area contributed by atoms with Crippen LogP contribution in [0.3, 0.4) is 0 Å². The maximum absolute atomic E-state index is 13.7. The van der Waals surface area contributed by atoms with Gasteiger partial charge >= 0.3 is 0 Å². The highest BCUT2D eigenvalue weighted by molar-refractivity contribution is 6.01. The molecular weight excluding hydrogens is 460 g/mol. The third-order valence-corrected chi connectivity index (χ3v) is 7.27. The number of rotatable bonds is 8. The van der Waals surface area contributed by atoms with Crippen LogP contribution < -0.4 is 16.4 Å². The van der Waals surface area contributed by atoms with E-state index < -0.39 is 53.3 Å². The van der Waals surface area contributed by atoms with Crippen LogP contribution >= 0.6 is 0 Å². The van der Waals surface area contributed by atoms with Crippen molar-refractivity contribution in [1.82, 2.24) is 15.5 Å². The third kappa shape index (κ3) is 3.85. The maximum atomic E-state index is 13.7. The first kappa shape index (κ1) is 23.7. The number of nitrogens with two attached hydrogens (primary N) is 1. The van der Waals surface area contributed by atoms with Crippen LogP contribution in [0.1, 0.15) is 18.1 Å². The molecule has 2 fully saturated rings. The van der Waals surface area contributed by atoms with Crippen molar-refractivity contribution in [1.29, 1.82) is 0 Å². The first-order valence-corrected chi connectivity index (χ1v) is 11.9. The molecule has 0 aliphatic carbocycles. The van der Waals surface area contributed by atoms with Gasteiger partial charge in [-0.3, -0.25) is 19.2 Å². The molecule has 5 rings (SSSR count). The van der Waals surface area contributed by atoms with E-state index in [4.69, 9.17) is 10.5 Å². The van der Waals surface area contributed by atoms with E-state index in [2.05, 4.69) is 10.6 Å². The van der Waals surface area contributed by atoms with Crippen LogP contribution in [0.25, 0.3) is 0 Å². The van der Waals surface area contributed by atoms with E-state index in [1.165, 1.54) is 0 Å². The van der Waals surface area contributed by atoms with Gasteiger partial charge in [-0.15, -0.1) is 0 Å². The van der Waals surface area contributed by atoms with Crippen LogP contribution in [-0.2, 0) is 37.0 Å². The summed E-state index contributed by atoms with van der Waals surface area (Å²) in [6, 6.07) is 17.6. The molecule has 186 valence electrons. The smallest absolute Gasteiger partial charge is 0.246 e. The molecule has 1 spiro atoms.